The molecule has 0 heterocycles. The molecule has 0 aliphatic heterocycles. The van der Waals surface area contributed by atoms with Crippen LogP contribution >= 0.6 is 0 Å². The lowest BCUT2D eigenvalue weighted by molar-refractivity contribution is -0.0227. The highest BCUT2D eigenvalue weighted by molar-refractivity contribution is 4.91. The summed E-state index contributed by atoms with van der Waals surface area (Å²) in [4.78, 5) is 0. The minimum Gasteiger partial charge on any atom is -0.388 e. The third kappa shape index (κ3) is 7.54. The summed E-state index contributed by atoms with van der Waals surface area (Å²) < 4.78 is 10.1. The van der Waals surface area contributed by atoms with Crippen LogP contribution < -0.4 is 0 Å². The Morgan fingerprint density at radius 3 is 2.85 bits per heavy atom. The van der Waals surface area contributed by atoms with Crippen molar-refractivity contribution in [2.75, 3.05) is 19.8 Å². The van der Waals surface area contributed by atoms with Gasteiger partial charge in [0.25, 0.3) is 0 Å². The lowest BCUT2D eigenvalue weighted by atomic mass is 10.4. The van der Waals surface area contributed by atoms with E-state index >= 15 is 0 Å². The zero-order chi connectivity index (χ0) is 10.1. The first kappa shape index (κ1) is 12.2. The quantitative estimate of drug-likeness (QED) is 0.357. The van der Waals surface area contributed by atoms with Crippen LogP contribution in [0, 0.1) is 12.3 Å². The van der Waals surface area contributed by atoms with Gasteiger partial charge in [-0.1, -0.05) is 12.0 Å². The highest BCUT2D eigenvalue weighted by Crippen LogP contribution is 1.92. The normalized spacial score (nSPS) is 14.5. The molecule has 3 nitrogen and oxygen atoms in total. The number of rotatable bonds is 7. The maximum atomic E-state index is 9.27. The highest BCUT2D eigenvalue weighted by Gasteiger charge is 2.05. The van der Waals surface area contributed by atoms with Crippen molar-refractivity contribution in [2.45, 2.75) is 19.1 Å². The van der Waals surface area contributed by atoms with Crippen molar-refractivity contribution >= 4 is 0 Å². The van der Waals surface area contributed by atoms with Crippen LogP contribution in [-0.2, 0) is 9.47 Å². The molecule has 0 rings (SSSR count). The van der Waals surface area contributed by atoms with Gasteiger partial charge < -0.3 is 14.6 Å². The second kappa shape index (κ2) is 7.81. The van der Waals surface area contributed by atoms with Gasteiger partial charge in [0.15, 0.2) is 0 Å². The molecule has 74 valence electrons. The Labute approximate surface area is 79.4 Å². The SMILES string of the molecule is C#CC(C)OCC(O)COCC=C. The third-order valence-corrected chi connectivity index (χ3v) is 1.32. The molecule has 0 aliphatic rings. The average molecular weight is 184 g/mol. The maximum Gasteiger partial charge on any atom is 0.115 e. The summed E-state index contributed by atoms with van der Waals surface area (Å²) in [7, 11) is 0. The van der Waals surface area contributed by atoms with E-state index in [1.165, 1.54) is 0 Å². The van der Waals surface area contributed by atoms with Gasteiger partial charge in [-0.3, -0.25) is 0 Å². The summed E-state index contributed by atoms with van der Waals surface area (Å²) in [5, 5.41) is 9.27. The Morgan fingerprint density at radius 1 is 1.62 bits per heavy atom. The molecule has 0 fully saturated rings. The molecule has 2 unspecified atom stereocenters. The van der Waals surface area contributed by atoms with Crippen LogP contribution in [0.1, 0.15) is 6.92 Å². The summed E-state index contributed by atoms with van der Waals surface area (Å²) in [6.45, 7) is 6.10. The summed E-state index contributed by atoms with van der Waals surface area (Å²) in [5.41, 5.74) is 0. The fourth-order valence-corrected chi connectivity index (χ4v) is 0.639. The molecule has 0 aromatic rings. The summed E-state index contributed by atoms with van der Waals surface area (Å²) in [6, 6.07) is 0. The van der Waals surface area contributed by atoms with Crippen molar-refractivity contribution in [1.82, 2.24) is 0 Å². The first-order valence-electron chi connectivity index (χ1n) is 4.15. The summed E-state index contributed by atoms with van der Waals surface area (Å²) >= 11 is 0. The molecule has 3 heteroatoms. The fourth-order valence-electron chi connectivity index (χ4n) is 0.639. The van der Waals surface area contributed by atoms with Crippen LogP contribution in [0.5, 0.6) is 0 Å². The summed E-state index contributed by atoms with van der Waals surface area (Å²) in [6.07, 6.45) is 5.80. The van der Waals surface area contributed by atoms with E-state index in [0.29, 0.717) is 6.61 Å². The molecule has 0 aliphatic carbocycles. The van der Waals surface area contributed by atoms with Crippen LogP contribution in [0.15, 0.2) is 12.7 Å². The van der Waals surface area contributed by atoms with Gasteiger partial charge in [-0.2, -0.15) is 0 Å². The molecule has 0 aromatic heterocycles. The van der Waals surface area contributed by atoms with Gasteiger partial charge in [0.05, 0.1) is 19.8 Å². The Hall–Kier alpha value is -0.820. The predicted molar refractivity (Wildman–Crippen MR) is 51.3 cm³/mol. The second-order valence-electron chi connectivity index (χ2n) is 2.62. The topological polar surface area (TPSA) is 38.7 Å². The van der Waals surface area contributed by atoms with Crippen molar-refractivity contribution in [1.29, 1.82) is 0 Å². The smallest absolute Gasteiger partial charge is 0.115 e. The molecule has 0 saturated carbocycles. The summed E-state index contributed by atoms with van der Waals surface area (Å²) in [5.74, 6) is 2.40. The van der Waals surface area contributed by atoms with E-state index in [9.17, 15) is 5.11 Å². The highest BCUT2D eigenvalue weighted by atomic mass is 16.5. The Kier molecular flexibility index (Phi) is 7.32. The number of terminal acetylenes is 1. The van der Waals surface area contributed by atoms with Crippen LogP contribution in [-0.4, -0.2) is 37.1 Å². The van der Waals surface area contributed by atoms with Crippen molar-refractivity contribution < 1.29 is 14.6 Å². The van der Waals surface area contributed by atoms with E-state index in [1.54, 1.807) is 13.0 Å². The zero-order valence-corrected chi connectivity index (χ0v) is 7.90. The van der Waals surface area contributed by atoms with Gasteiger partial charge in [0, 0.05) is 0 Å². The molecule has 13 heavy (non-hydrogen) atoms. The third-order valence-electron chi connectivity index (χ3n) is 1.32. The van der Waals surface area contributed by atoms with Crippen molar-refractivity contribution in [3.8, 4) is 12.3 Å². The molecule has 0 radical (unpaired) electrons. The van der Waals surface area contributed by atoms with E-state index < -0.39 is 6.10 Å². The van der Waals surface area contributed by atoms with E-state index in [2.05, 4.69) is 12.5 Å². The van der Waals surface area contributed by atoms with E-state index in [1.807, 2.05) is 0 Å². The van der Waals surface area contributed by atoms with Crippen molar-refractivity contribution in [3.63, 3.8) is 0 Å². The van der Waals surface area contributed by atoms with Gasteiger partial charge in [0.1, 0.15) is 12.2 Å². The number of hydrogen-bond acceptors (Lipinski definition) is 3. The molecular formula is C10H16O3. The van der Waals surface area contributed by atoms with Crippen LogP contribution in [0.3, 0.4) is 0 Å². The second-order valence-corrected chi connectivity index (χ2v) is 2.62. The van der Waals surface area contributed by atoms with Gasteiger partial charge in [-0.25, -0.2) is 0 Å². The molecule has 2 atom stereocenters. The standard InChI is InChI=1S/C10H16O3/c1-4-6-12-7-10(11)8-13-9(3)5-2/h2,4,9-11H,1,6-8H2,3H3. The van der Waals surface area contributed by atoms with Gasteiger partial charge >= 0.3 is 0 Å². The lowest BCUT2D eigenvalue weighted by Crippen LogP contribution is -2.24. The first-order chi connectivity index (χ1) is 6.20. The Bertz CT molecular complexity index is 171. The first-order valence-corrected chi connectivity index (χ1v) is 4.15. The molecule has 0 aromatic carbocycles. The van der Waals surface area contributed by atoms with E-state index in [0.717, 1.165) is 0 Å². The molecule has 0 spiro atoms. The Morgan fingerprint density at radius 2 is 2.31 bits per heavy atom. The minimum atomic E-state index is -0.629. The molecule has 0 saturated heterocycles. The van der Waals surface area contributed by atoms with Crippen molar-refractivity contribution in [3.05, 3.63) is 12.7 Å². The largest absolute Gasteiger partial charge is 0.388 e. The van der Waals surface area contributed by atoms with Crippen LogP contribution in [0.25, 0.3) is 0 Å². The van der Waals surface area contributed by atoms with Gasteiger partial charge in [-0.05, 0) is 6.92 Å². The molecule has 0 amide bonds. The monoisotopic (exact) mass is 184 g/mol. The molecular weight excluding hydrogens is 168 g/mol. The fraction of sp³-hybridized carbons (Fsp3) is 0.600. The van der Waals surface area contributed by atoms with Crippen LogP contribution in [0.4, 0.5) is 0 Å². The molecule has 0 bridgehead atoms. The van der Waals surface area contributed by atoms with Gasteiger partial charge in [0.2, 0.25) is 0 Å². The number of ether oxygens (including phenoxy) is 2. The number of aliphatic hydroxyl groups excluding tert-OH is 1. The van der Waals surface area contributed by atoms with E-state index in [-0.39, 0.29) is 19.3 Å². The predicted octanol–water partition coefficient (Wildman–Crippen LogP) is 0.588. The average Bonchev–Trinajstić information content (AvgIpc) is 2.14. The maximum absolute atomic E-state index is 9.27. The number of hydrogen-bond donors (Lipinski definition) is 1. The Balaban J connectivity index is 3.35. The zero-order valence-electron chi connectivity index (χ0n) is 7.90. The van der Waals surface area contributed by atoms with Crippen LogP contribution in [0.2, 0.25) is 0 Å². The van der Waals surface area contributed by atoms with Crippen molar-refractivity contribution in [2.24, 2.45) is 0 Å². The number of aliphatic hydroxyl groups is 1. The van der Waals surface area contributed by atoms with Gasteiger partial charge in [-0.15, -0.1) is 13.0 Å². The van der Waals surface area contributed by atoms with E-state index in [4.69, 9.17) is 15.9 Å². The molecule has 1 N–H and O–H groups in total. The lowest BCUT2D eigenvalue weighted by Gasteiger charge is -2.12. The minimum absolute atomic E-state index is 0.197.